The van der Waals surface area contributed by atoms with Crippen LogP contribution in [0.1, 0.15) is 40.5 Å². The second-order valence-corrected chi connectivity index (χ2v) is 7.88. The van der Waals surface area contributed by atoms with Gasteiger partial charge in [0.15, 0.2) is 6.29 Å². The van der Waals surface area contributed by atoms with Crippen LogP contribution in [0.2, 0.25) is 0 Å². The van der Waals surface area contributed by atoms with Gasteiger partial charge in [0.1, 0.15) is 24.4 Å². The highest BCUT2D eigenvalue weighted by Crippen LogP contribution is 2.41. The molecule has 7 unspecified atom stereocenters. The number of aliphatic hydroxyl groups is 4. The van der Waals surface area contributed by atoms with Gasteiger partial charge in [0.2, 0.25) is 0 Å². The summed E-state index contributed by atoms with van der Waals surface area (Å²) in [6.07, 6.45) is 1.96. The van der Waals surface area contributed by atoms with E-state index in [1.165, 1.54) is 5.57 Å². The summed E-state index contributed by atoms with van der Waals surface area (Å²) in [5.41, 5.74) is 1.52. The molecule has 6 heteroatoms. The number of hydrogen-bond donors (Lipinski definition) is 4. The first-order valence-electron chi connectivity index (χ1n) is 8.98. The Kier molecular flexibility index (Phi) is 6.81. The standard InChI is InChI=1S/C19H32O6/c1-11-6-5-9-19(3,4)13(11)8-7-12(2)24-18-17(23)16(22)15(21)14(10-20)25-18/h6-8,12-18,20-23H,5,9-10H2,1-4H3. The van der Waals surface area contributed by atoms with E-state index in [0.29, 0.717) is 5.92 Å². The lowest BCUT2D eigenvalue weighted by Gasteiger charge is -2.40. The molecule has 7 atom stereocenters. The van der Waals surface area contributed by atoms with E-state index in [-0.39, 0.29) is 11.5 Å². The molecule has 1 heterocycles. The number of ether oxygens (including phenoxy) is 2. The molecule has 2 aliphatic rings. The molecule has 1 aliphatic heterocycles. The van der Waals surface area contributed by atoms with Crippen LogP contribution in [0.4, 0.5) is 0 Å². The van der Waals surface area contributed by atoms with Crippen molar-refractivity contribution in [2.75, 3.05) is 6.61 Å². The van der Waals surface area contributed by atoms with Crippen LogP contribution in [-0.2, 0) is 9.47 Å². The fraction of sp³-hybridized carbons (Fsp3) is 0.789. The molecule has 0 saturated carbocycles. The largest absolute Gasteiger partial charge is 0.394 e. The van der Waals surface area contributed by atoms with Crippen LogP contribution in [0.5, 0.6) is 0 Å². The summed E-state index contributed by atoms with van der Waals surface area (Å²) in [6, 6.07) is 0. The molecule has 0 radical (unpaired) electrons. The second kappa shape index (κ2) is 8.29. The van der Waals surface area contributed by atoms with Gasteiger partial charge in [-0.05, 0) is 32.1 Å². The smallest absolute Gasteiger partial charge is 0.187 e. The molecule has 0 bridgehead atoms. The minimum Gasteiger partial charge on any atom is -0.394 e. The summed E-state index contributed by atoms with van der Waals surface area (Å²) < 4.78 is 11.1. The third-order valence-corrected chi connectivity index (χ3v) is 5.36. The molecule has 1 aliphatic carbocycles. The fourth-order valence-electron chi connectivity index (χ4n) is 3.69. The number of aliphatic hydroxyl groups excluding tert-OH is 4. The van der Waals surface area contributed by atoms with Crippen molar-refractivity contribution in [2.45, 2.75) is 77.3 Å². The zero-order valence-electron chi connectivity index (χ0n) is 15.5. The Labute approximate surface area is 149 Å². The lowest BCUT2D eigenvalue weighted by atomic mass is 9.68. The highest BCUT2D eigenvalue weighted by atomic mass is 16.7. The van der Waals surface area contributed by atoms with Gasteiger partial charge in [-0.1, -0.05) is 37.6 Å². The molecule has 0 aromatic rings. The van der Waals surface area contributed by atoms with Crippen molar-refractivity contribution in [3.8, 4) is 0 Å². The molecule has 2 rings (SSSR count). The van der Waals surface area contributed by atoms with Gasteiger partial charge in [0, 0.05) is 5.92 Å². The van der Waals surface area contributed by atoms with Crippen molar-refractivity contribution in [3.63, 3.8) is 0 Å². The Bertz CT molecular complexity index is 498. The van der Waals surface area contributed by atoms with Gasteiger partial charge in [-0.25, -0.2) is 0 Å². The molecular formula is C19H32O6. The lowest BCUT2D eigenvalue weighted by molar-refractivity contribution is -0.306. The van der Waals surface area contributed by atoms with Crippen LogP contribution >= 0.6 is 0 Å². The summed E-state index contributed by atoms with van der Waals surface area (Å²) in [5, 5.41) is 38.9. The minimum absolute atomic E-state index is 0.179. The van der Waals surface area contributed by atoms with E-state index >= 15 is 0 Å². The Morgan fingerprint density at radius 3 is 2.56 bits per heavy atom. The Morgan fingerprint density at radius 2 is 1.96 bits per heavy atom. The maximum absolute atomic E-state index is 10.0. The average Bonchev–Trinajstić information content (AvgIpc) is 2.54. The van der Waals surface area contributed by atoms with E-state index in [1.54, 1.807) is 0 Å². The van der Waals surface area contributed by atoms with Crippen molar-refractivity contribution in [3.05, 3.63) is 23.8 Å². The molecule has 0 spiro atoms. The fourth-order valence-corrected chi connectivity index (χ4v) is 3.69. The first-order valence-corrected chi connectivity index (χ1v) is 8.98. The zero-order valence-corrected chi connectivity index (χ0v) is 15.5. The van der Waals surface area contributed by atoms with Crippen LogP contribution in [0.15, 0.2) is 23.8 Å². The molecule has 25 heavy (non-hydrogen) atoms. The molecular weight excluding hydrogens is 324 g/mol. The zero-order chi connectivity index (χ0) is 18.8. The normalized spacial score (nSPS) is 40.1. The van der Waals surface area contributed by atoms with Crippen molar-refractivity contribution in [1.82, 2.24) is 0 Å². The van der Waals surface area contributed by atoms with Gasteiger partial charge in [-0.2, -0.15) is 0 Å². The summed E-state index contributed by atoms with van der Waals surface area (Å²) >= 11 is 0. The highest BCUT2D eigenvalue weighted by Gasteiger charge is 2.44. The Morgan fingerprint density at radius 1 is 1.28 bits per heavy atom. The minimum atomic E-state index is -1.42. The maximum Gasteiger partial charge on any atom is 0.187 e. The summed E-state index contributed by atoms with van der Waals surface area (Å²) in [7, 11) is 0. The van der Waals surface area contributed by atoms with E-state index in [0.717, 1.165) is 12.8 Å². The van der Waals surface area contributed by atoms with Crippen LogP contribution in [0.25, 0.3) is 0 Å². The third kappa shape index (κ3) is 4.70. The molecule has 6 nitrogen and oxygen atoms in total. The van der Waals surface area contributed by atoms with E-state index in [4.69, 9.17) is 9.47 Å². The van der Waals surface area contributed by atoms with Gasteiger partial charge >= 0.3 is 0 Å². The maximum atomic E-state index is 10.0. The van der Waals surface area contributed by atoms with Crippen LogP contribution < -0.4 is 0 Å². The first-order chi connectivity index (χ1) is 11.7. The van der Waals surface area contributed by atoms with Crippen LogP contribution in [-0.4, -0.2) is 63.8 Å². The van der Waals surface area contributed by atoms with Crippen molar-refractivity contribution >= 4 is 0 Å². The lowest BCUT2D eigenvalue weighted by Crippen LogP contribution is -2.59. The monoisotopic (exact) mass is 356 g/mol. The molecule has 0 amide bonds. The van der Waals surface area contributed by atoms with Crippen LogP contribution in [0.3, 0.4) is 0 Å². The predicted molar refractivity (Wildman–Crippen MR) is 93.7 cm³/mol. The Hall–Kier alpha value is -0.760. The third-order valence-electron chi connectivity index (χ3n) is 5.36. The number of rotatable bonds is 5. The quantitative estimate of drug-likeness (QED) is 0.551. The topological polar surface area (TPSA) is 99.4 Å². The number of allylic oxidation sites excluding steroid dienone is 3. The first kappa shape index (κ1) is 20.6. The van der Waals surface area contributed by atoms with Gasteiger partial charge in [-0.15, -0.1) is 0 Å². The van der Waals surface area contributed by atoms with Gasteiger partial charge in [0.05, 0.1) is 12.7 Å². The molecule has 0 aromatic carbocycles. The molecule has 1 saturated heterocycles. The Balaban J connectivity index is 2.00. The van der Waals surface area contributed by atoms with E-state index in [9.17, 15) is 20.4 Å². The van der Waals surface area contributed by atoms with Crippen LogP contribution in [0, 0.1) is 11.3 Å². The van der Waals surface area contributed by atoms with E-state index in [2.05, 4.69) is 32.9 Å². The van der Waals surface area contributed by atoms with Crippen molar-refractivity contribution < 1.29 is 29.9 Å². The number of hydrogen-bond acceptors (Lipinski definition) is 6. The second-order valence-electron chi connectivity index (χ2n) is 7.88. The highest BCUT2D eigenvalue weighted by molar-refractivity contribution is 5.19. The summed E-state index contributed by atoms with van der Waals surface area (Å²) in [6.45, 7) is 8.00. The summed E-state index contributed by atoms with van der Waals surface area (Å²) in [4.78, 5) is 0. The molecule has 1 fully saturated rings. The SMILES string of the molecule is CC1=CCCC(C)(C)C1C=CC(C)OC1OC(CO)C(O)C(O)C1O. The van der Waals surface area contributed by atoms with Crippen molar-refractivity contribution in [2.24, 2.45) is 11.3 Å². The van der Waals surface area contributed by atoms with Gasteiger partial charge < -0.3 is 29.9 Å². The molecule has 0 aromatic heterocycles. The summed E-state index contributed by atoms with van der Waals surface area (Å²) in [5.74, 6) is 0.321. The molecule has 4 N–H and O–H groups in total. The predicted octanol–water partition coefficient (Wildman–Crippen LogP) is 1.13. The average molecular weight is 356 g/mol. The van der Waals surface area contributed by atoms with E-state index < -0.39 is 37.3 Å². The van der Waals surface area contributed by atoms with E-state index in [1.807, 2.05) is 13.0 Å². The molecule has 144 valence electrons. The van der Waals surface area contributed by atoms with Gasteiger partial charge in [0.25, 0.3) is 0 Å². The van der Waals surface area contributed by atoms with Crippen molar-refractivity contribution in [1.29, 1.82) is 0 Å². The van der Waals surface area contributed by atoms with Gasteiger partial charge in [-0.3, -0.25) is 0 Å².